The maximum absolute atomic E-state index is 10.8. The van der Waals surface area contributed by atoms with Crippen LogP contribution in [0, 0.1) is 0 Å². The Balaban J connectivity index is 3.18. The number of thioether (sulfide) groups is 2. The number of aromatic carboxylic acids is 1. The van der Waals surface area contributed by atoms with Crippen LogP contribution in [0.25, 0.3) is 0 Å². The molecule has 5 heteroatoms. The lowest BCUT2D eigenvalue weighted by molar-refractivity contribution is 0.0685. The Bertz CT molecular complexity index is 328. The maximum atomic E-state index is 10.8. The molecule has 1 heterocycles. The highest BCUT2D eigenvalue weighted by atomic mass is 32.2. The van der Waals surface area contributed by atoms with E-state index in [1.54, 1.807) is 6.07 Å². The molecule has 1 N–H and O–H groups in total. The van der Waals surface area contributed by atoms with Gasteiger partial charge in [-0.3, -0.25) is 0 Å². The van der Waals surface area contributed by atoms with Crippen molar-refractivity contribution in [2.75, 3.05) is 12.5 Å². The quantitative estimate of drug-likeness (QED) is 0.783. The maximum Gasteiger partial charge on any atom is 0.355 e. The third-order valence-electron chi connectivity index (χ3n) is 1.46. The largest absolute Gasteiger partial charge is 0.476 e. The normalized spacial score (nSPS) is 10.0. The Morgan fingerprint density at radius 1 is 1.38 bits per heavy atom. The highest BCUT2D eigenvalue weighted by Crippen LogP contribution is 2.22. The fourth-order valence-corrected chi connectivity index (χ4v) is 1.78. The zero-order chi connectivity index (χ0) is 9.84. The number of carbonyl (C=O) groups is 1. The lowest BCUT2D eigenvalue weighted by atomic mass is 10.3. The third-order valence-corrected chi connectivity index (χ3v) is 2.88. The van der Waals surface area contributed by atoms with E-state index in [4.69, 9.17) is 5.11 Å². The SMILES string of the molecule is CSc1ccc(SC)c(C(=O)O)n1. The van der Waals surface area contributed by atoms with Gasteiger partial charge in [-0.2, -0.15) is 0 Å². The zero-order valence-corrected chi connectivity index (χ0v) is 8.91. The molecular weight excluding hydrogens is 206 g/mol. The molecule has 0 aliphatic carbocycles. The number of carboxylic acids is 1. The van der Waals surface area contributed by atoms with E-state index in [2.05, 4.69) is 4.98 Å². The summed E-state index contributed by atoms with van der Waals surface area (Å²) in [5.41, 5.74) is 0.138. The van der Waals surface area contributed by atoms with E-state index in [0.29, 0.717) is 4.90 Å². The summed E-state index contributed by atoms with van der Waals surface area (Å²) in [5.74, 6) is -0.972. The molecule has 13 heavy (non-hydrogen) atoms. The molecule has 0 aliphatic heterocycles. The molecule has 0 radical (unpaired) electrons. The molecule has 0 spiro atoms. The number of aromatic nitrogens is 1. The van der Waals surface area contributed by atoms with Crippen molar-refractivity contribution in [3.05, 3.63) is 17.8 Å². The van der Waals surface area contributed by atoms with E-state index in [9.17, 15) is 4.79 Å². The highest BCUT2D eigenvalue weighted by molar-refractivity contribution is 7.99. The summed E-state index contributed by atoms with van der Waals surface area (Å²) in [4.78, 5) is 15.5. The molecule has 3 nitrogen and oxygen atoms in total. The van der Waals surface area contributed by atoms with Gasteiger partial charge in [-0.25, -0.2) is 9.78 Å². The fraction of sp³-hybridized carbons (Fsp3) is 0.250. The van der Waals surface area contributed by atoms with Crippen LogP contribution in [0.15, 0.2) is 22.1 Å². The van der Waals surface area contributed by atoms with Crippen molar-refractivity contribution in [1.29, 1.82) is 0 Å². The second-order valence-electron chi connectivity index (χ2n) is 2.21. The van der Waals surface area contributed by atoms with Crippen LogP contribution < -0.4 is 0 Å². The van der Waals surface area contributed by atoms with Crippen molar-refractivity contribution < 1.29 is 9.90 Å². The molecule has 0 aliphatic rings. The first kappa shape index (κ1) is 10.4. The topological polar surface area (TPSA) is 50.2 Å². The van der Waals surface area contributed by atoms with Gasteiger partial charge in [0.05, 0.1) is 5.03 Å². The Morgan fingerprint density at radius 3 is 2.54 bits per heavy atom. The predicted molar refractivity (Wildman–Crippen MR) is 54.8 cm³/mol. The zero-order valence-electron chi connectivity index (χ0n) is 7.27. The van der Waals surface area contributed by atoms with Crippen molar-refractivity contribution in [3.8, 4) is 0 Å². The molecule has 0 bridgehead atoms. The van der Waals surface area contributed by atoms with Crippen LogP contribution in [0.3, 0.4) is 0 Å². The van der Waals surface area contributed by atoms with Crippen LogP contribution in [0.1, 0.15) is 10.5 Å². The number of rotatable bonds is 3. The van der Waals surface area contributed by atoms with Gasteiger partial charge in [0.25, 0.3) is 0 Å². The second kappa shape index (κ2) is 4.53. The molecule has 0 aromatic carbocycles. The van der Waals surface area contributed by atoms with E-state index < -0.39 is 5.97 Å². The van der Waals surface area contributed by atoms with Crippen LogP contribution in [0.5, 0.6) is 0 Å². The molecule has 0 unspecified atom stereocenters. The van der Waals surface area contributed by atoms with Crippen molar-refractivity contribution >= 4 is 29.5 Å². The lowest BCUT2D eigenvalue weighted by Gasteiger charge is -2.03. The van der Waals surface area contributed by atoms with Gasteiger partial charge in [0.15, 0.2) is 5.69 Å². The van der Waals surface area contributed by atoms with E-state index in [0.717, 1.165) is 5.03 Å². The van der Waals surface area contributed by atoms with Crippen molar-refractivity contribution in [2.45, 2.75) is 9.92 Å². The number of nitrogens with zero attached hydrogens (tertiary/aromatic N) is 1. The van der Waals surface area contributed by atoms with Gasteiger partial charge in [-0.1, -0.05) is 0 Å². The summed E-state index contributed by atoms with van der Waals surface area (Å²) in [7, 11) is 0. The van der Waals surface area contributed by atoms with Crippen LogP contribution in [0.2, 0.25) is 0 Å². The average molecular weight is 215 g/mol. The van der Waals surface area contributed by atoms with E-state index >= 15 is 0 Å². The van der Waals surface area contributed by atoms with Crippen molar-refractivity contribution in [2.24, 2.45) is 0 Å². The summed E-state index contributed by atoms with van der Waals surface area (Å²) < 4.78 is 0. The lowest BCUT2D eigenvalue weighted by Crippen LogP contribution is -2.02. The predicted octanol–water partition coefficient (Wildman–Crippen LogP) is 2.22. The molecule has 1 aromatic heterocycles. The summed E-state index contributed by atoms with van der Waals surface area (Å²) in [5, 5.41) is 9.56. The Labute approximate surface area is 84.9 Å². The summed E-state index contributed by atoms with van der Waals surface area (Å²) in [6.07, 6.45) is 3.70. The smallest absolute Gasteiger partial charge is 0.355 e. The van der Waals surface area contributed by atoms with Gasteiger partial charge in [0, 0.05) is 4.90 Å². The monoisotopic (exact) mass is 215 g/mol. The summed E-state index contributed by atoms with van der Waals surface area (Å²) in [6.45, 7) is 0. The number of carboxylic acid groups (broad SMARTS) is 1. The van der Waals surface area contributed by atoms with Gasteiger partial charge < -0.3 is 5.11 Å². The molecule has 1 rings (SSSR count). The molecule has 0 atom stereocenters. The fourth-order valence-electron chi connectivity index (χ4n) is 0.860. The van der Waals surface area contributed by atoms with Gasteiger partial charge in [-0.05, 0) is 24.6 Å². The van der Waals surface area contributed by atoms with Gasteiger partial charge in [0.1, 0.15) is 0 Å². The Hall–Kier alpha value is -0.680. The minimum absolute atomic E-state index is 0.138. The molecule has 1 aromatic rings. The second-order valence-corrected chi connectivity index (χ2v) is 3.88. The van der Waals surface area contributed by atoms with Gasteiger partial charge in [-0.15, -0.1) is 23.5 Å². The first-order chi connectivity index (χ1) is 6.19. The number of pyridine rings is 1. The van der Waals surface area contributed by atoms with E-state index in [-0.39, 0.29) is 5.69 Å². The minimum atomic E-state index is -0.972. The average Bonchev–Trinajstić information content (AvgIpc) is 2.16. The van der Waals surface area contributed by atoms with Crippen molar-refractivity contribution in [1.82, 2.24) is 4.98 Å². The first-order valence-electron chi connectivity index (χ1n) is 3.51. The molecule has 70 valence electrons. The molecule has 0 amide bonds. The number of hydrogen-bond acceptors (Lipinski definition) is 4. The first-order valence-corrected chi connectivity index (χ1v) is 5.96. The Morgan fingerprint density at radius 2 is 2.08 bits per heavy atom. The molecule has 0 saturated carbocycles. The molecule has 0 fully saturated rings. The summed E-state index contributed by atoms with van der Waals surface area (Å²) >= 11 is 2.83. The standard InChI is InChI=1S/C8H9NO2S2/c1-12-5-3-4-6(13-2)9-7(5)8(10)11/h3-4H,1-2H3,(H,10,11). The molecular formula is C8H9NO2S2. The number of hydrogen-bond donors (Lipinski definition) is 1. The van der Waals surface area contributed by atoms with E-state index in [1.165, 1.54) is 23.5 Å². The van der Waals surface area contributed by atoms with Crippen molar-refractivity contribution in [3.63, 3.8) is 0 Å². The third kappa shape index (κ3) is 2.38. The van der Waals surface area contributed by atoms with Crippen LogP contribution >= 0.6 is 23.5 Å². The van der Waals surface area contributed by atoms with Gasteiger partial charge in [0.2, 0.25) is 0 Å². The van der Waals surface area contributed by atoms with E-state index in [1.807, 2.05) is 18.6 Å². The minimum Gasteiger partial charge on any atom is -0.476 e. The van der Waals surface area contributed by atoms with Crippen LogP contribution in [-0.4, -0.2) is 28.6 Å². The van der Waals surface area contributed by atoms with Crippen LogP contribution in [0.4, 0.5) is 0 Å². The summed E-state index contributed by atoms with van der Waals surface area (Å²) in [6, 6.07) is 3.61. The van der Waals surface area contributed by atoms with Gasteiger partial charge >= 0.3 is 5.97 Å². The Kier molecular flexibility index (Phi) is 3.62. The molecule has 0 saturated heterocycles. The highest BCUT2D eigenvalue weighted by Gasteiger charge is 2.11. The van der Waals surface area contributed by atoms with Crippen LogP contribution in [-0.2, 0) is 0 Å².